The van der Waals surface area contributed by atoms with Crippen LogP contribution in [-0.4, -0.2) is 11.1 Å². The topological polar surface area (TPSA) is 46.5 Å². The molecule has 0 aliphatic carbocycles. The van der Waals surface area contributed by atoms with E-state index in [4.69, 9.17) is 4.74 Å². The maximum Gasteiger partial charge on any atom is 0.343 e. The Hall–Kier alpha value is -3.07. The third-order valence-electron chi connectivity index (χ3n) is 5.27. The van der Waals surface area contributed by atoms with E-state index in [-0.39, 0.29) is 11.4 Å². The number of carbonyl (C=O) groups excluding carboxylic acids is 1. The molecule has 0 radical (unpaired) electrons. The summed E-state index contributed by atoms with van der Waals surface area (Å²) in [4.78, 5) is 12.4. The van der Waals surface area contributed by atoms with E-state index in [9.17, 15) is 9.90 Å². The normalized spacial score (nSPS) is 11.3. The average Bonchev–Trinajstić information content (AvgIpc) is 2.65. The van der Waals surface area contributed by atoms with Crippen LogP contribution in [0.15, 0.2) is 60.7 Å². The van der Waals surface area contributed by atoms with Gasteiger partial charge in [-0.2, -0.15) is 0 Å². The van der Waals surface area contributed by atoms with Crippen molar-refractivity contribution in [1.29, 1.82) is 0 Å². The van der Waals surface area contributed by atoms with E-state index in [2.05, 4.69) is 19.9 Å². The maximum atomic E-state index is 12.4. The quantitative estimate of drug-likeness (QED) is 0.459. The van der Waals surface area contributed by atoms with Crippen LogP contribution in [0.2, 0.25) is 0 Å². The lowest BCUT2D eigenvalue weighted by molar-refractivity contribution is 0.0733. The number of aromatic hydroxyl groups is 1. The van der Waals surface area contributed by atoms with Gasteiger partial charge in [0.15, 0.2) is 0 Å². The molecule has 28 heavy (non-hydrogen) atoms. The highest BCUT2D eigenvalue weighted by Gasteiger charge is 2.24. The summed E-state index contributed by atoms with van der Waals surface area (Å²) in [6, 6.07) is 19.0. The maximum absolute atomic E-state index is 12.4. The molecule has 3 heteroatoms. The zero-order valence-electron chi connectivity index (χ0n) is 17.0. The van der Waals surface area contributed by atoms with E-state index in [0.717, 1.165) is 27.8 Å². The Kier molecular flexibility index (Phi) is 5.28. The van der Waals surface area contributed by atoms with E-state index in [0.29, 0.717) is 17.1 Å². The van der Waals surface area contributed by atoms with Crippen LogP contribution in [0.25, 0.3) is 0 Å². The first-order chi connectivity index (χ1) is 13.2. The van der Waals surface area contributed by atoms with Crippen LogP contribution >= 0.6 is 0 Å². The van der Waals surface area contributed by atoms with Gasteiger partial charge in [-0.25, -0.2) is 4.79 Å². The summed E-state index contributed by atoms with van der Waals surface area (Å²) in [5, 5.41) is 9.81. The fraction of sp³-hybridized carbons (Fsp3) is 0.240. The number of hydrogen-bond donors (Lipinski definition) is 1. The molecule has 3 aromatic carbocycles. The van der Waals surface area contributed by atoms with Crippen LogP contribution in [0.5, 0.6) is 11.5 Å². The standard InChI is InChI=1S/C25H26O3/c1-16-7-6-8-19(13-16)24(27)28-23-12-10-21(15-18(23)3)25(4,5)20-9-11-22(26)17(2)14-20/h6-15,26H,1-5H3. The predicted molar refractivity (Wildman–Crippen MR) is 112 cm³/mol. The van der Waals surface area contributed by atoms with Gasteiger partial charge in [0, 0.05) is 5.41 Å². The summed E-state index contributed by atoms with van der Waals surface area (Å²) in [6.07, 6.45) is 0. The van der Waals surface area contributed by atoms with Gasteiger partial charge in [-0.1, -0.05) is 55.8 Å². The molecule has 3 rings (SSSR count). The van der Waals surface area contributed by atoms with E-state index >= 15 is 0 Å². The van der Waals surface area contributed by atoms with Crippen molar-refractivity contribution < 1.29 is 14.6 Å². The number of hydrogen-bond acceptors (Lipinski definition) is 3. The number of ether oxygens (including phenoxy) is 1. The Labute approximate surface area is 166 Å². The minimum atomic E-state index is -0.354. The van der Waals surface area contributed by atoms with Gasteiger partial charge >= 0.3 is 5.97 Å². The van der Waals surface area contributed by atoms with Gasteiger partial charge in [-0.15, -0.1) is 0 Å². The van der Waals surface area contributed by atoms with Gasteiger partial charge in [-0.3, -0.25) is 0 Å². The minimum Gasteiger partial charge on any atom is -0.508 e. The van der Waals surface area contributed by atoms with E-state index in [1.165, 1.54) is 0 Å². The molecule has 0 bridgehead atoms. The number of aryl methyl sites for hydroxylation is 3. The molecule has 0 saturated carbocycles. The molecule has 0 aromatic heterocycles. The van der Waals surface area contributed by atoms with Gasteiger partial charge in [0.05, 0.1) is 5.56 Å². The summed E-state index contributed by atoms with van der Waals surface area (Å²) in [7, 11) is 0. The predicted octanol–water partition coefficient (Wildman–Crippen LogP) is 5.86. The smallest absolute Gasteiger partial charge is 0.343 e. The molecular weight excluding hydrogens is 348 g/mol. The molecule has 0 aliphatic rings. The summed E-state index contributed by atoms with van der Waals surface area (Å²) >= 11 is 0. The number of carbonyl (C=O) groups is 1. The fourth-order valence-electron chi connectivity index (χ4n) is 3.29. The summed E-state index contributed by atoms with van der Waals surface area (Å²) in [5.74, 6) is 0.509. The molecule has 3 aromatic rings. The lowest BCUT2D eigenvalue weighted by Crippen LogP contribution is -2.19. The van der Waals surface area contributed by atoms with Crippen LogP contribution in [0.4, 0.5) is 0 Å². The zero-order chi connectivity index (χ0) is 20.5. The Morgan fingerprint density at radius 1 is 0.857 bits per heavy atom. The van der Waals surface area contributed by atoms with Crippen molar-refractivity contribution in [2.75, 3.05) is 0 Å². The van der Waals surface area contributed by atoms with Crippen molar-refractivity contribution in [2.45, 2.75) is 40.0 Å². The molecule has 0 atom stereocenters. The van der Waals surface area contributed by atoms with Gasteiger partial charge in [0.2, 0.25) is 0 Å². The largest absolute Gasteiger partial charge is 0.508 e. The molecule has 3 nitrogen and oxygen atoms in total. The summed E-state index contributed by atoms with van der Waals surface area (Å²) < 4.78 is 5.62. The second kappa shape index (κ2) is 7.51. The number of benzene rings is 3. The number of rotatable bonds is 4. The van der Waals surface area contributed by atoms with Gasteiger partial charge in [0.25, 0.3) is 0 Å². The van der Waals surface area contributed by atoms with Crippen molar-refractivity contribution in [1.82, 2.24) is 0 Å². The van der Waals surface area contributed by atoms with Gasteiger partial charge in [-0.05, 0) is 67.3 Å². The van der Waals surface area contributed by atoms with Crippen molar-refractivity contribution >= 4 is 5.97 Å². The third kappa shape index (κ3) is 3.94. The summed E-state index contributed by atoms with van der Waals surface area (Å²) in [6.45, 7) is 10.1. The molecule has 0 heterocycles. The first kappa shape index (κ1) is 19.7. The lowest BCUT2D eigenvalue weighted by atomic mass is 9.77. The van der Waals surface area contributed by atoms with E-state index in [1.54, 1.807) is 12.1 Å². The van der Waals surface area contributed by atoms with Crippen LogP contribution < -0.4 is 4.74 Å². The number of esters is 1. The molecule has 0 unspecified atom stereocenters. The van der Waals surface area contributed by atoms with Crippen molar-refractivity contribution in [3.63, 3.8) is 0 Å². The first-order valence-corrected chi connectivity index (χ1v) is 9.38. The van der Waals surface area contributed by atoms with Gasteiger partial charge < -0.3 is 9.84 Å². The minimum absolute atomic E-state index is 0.248. The highest BCUT2D eigenvalue weighted by atomic mass is 16.5. The second-order valence-corrected chi connectivity index (χ2v) is 7.87. The van der Waals surface area contributed by atoms with Crippen LogP contribution in [0, 0.1) is 20.8 Å². The molecular formula is C25H26O3. The van der Waals surface area contributed by atoms with Crippen LogP contribution in [-0.2, 0) is 5.41 Å². The Morgan fingerprint density at radius 2 is 1.50 bits per heavy atom. The van der Waals surface area contributed by atoms with Crippen molar-refractivity contribution in [3.05, 3.63) is 94.0 Å². The Balaban J connectivity index is 1.87. The molecule has 1 N–H and O–H groups in total. The number of phenols is 1. The molecule has 0 spiro atoms. The zero-order valence-corrected chi connectivity index (χ0v) is 17.0. The average molecular weight is 374 g/mol. The van der Waals surface area contributed by atoms with Gasteiger partial charge in [0.1, 0.15) is 11.5 Å². The highest BCUT2D eigenvalue weighted by molar-refractivity contribution is 5.91. The molecule has 144 valence electrons. The van der Waals surface area contributed by atoms with Crippen molar-refractivity contribution in [3.8, 4) is 11.5 Å². The lowest BCUT2D eigenvalue weighted by Gasteiger charge is -2.27. The SMILES string of the molecule is Cc1cccc(C(=O)Oc2ccc(C(C)(C)c3ccc(O)c(C)c3)cc2C)c1. The van der Waals surface area contributed by atoms with Crippen LogP contribution in [0.3, 0.4) is 0 Å². The molecule has 0 aliphatic heterocycles. The Morgan fingerprint density at radius 3 is 2.11 bits per heavy atom. The molecule has 0 fully saturated rings. The summed E-state index contributed by atoms with van der Waals surface area (Å²) in [5.41, 5.74) is 5.31. The monoisotopic (exact) mass is 374 g/mol. The Bertz CT molecular complexity index is 1030. The van der Waals surface area contributed by atoms with E-state index < -0.39 is 0 Å². The second-order valence-electron chi connectivity index (χ2n) is 7.87. The van der Waals surface area contributed by atoms with Crippen LogP contribution in [0.1, 0.15) is 52.0 Å². The highest BCUT2D eigenvalue weighted by Crippen LogP contribution is 2.35. The molecule has 0 amide bonds. The fourth-order valence-corrected chi connectivity index (χ4v) is 3.29. The van der Waals surface area contributed by atoms with Crippen molar-refractivity contribution in [2.24, 2.45) is 0 Å². The van der Waals surface area contributed by atoms with E-state index in [1.807, 2.05) is 63.2 Å². The third-order valence-corrected chi connectivity index (χ3v) is 5.27. The first-order valence-electron chi connectivity index (χ1n) is 9.38. The molecule has 0 saturated heterocycles. The number of phenolic OH excluding ortho intramolecular Hbond substituents is 1.